The van der Waals surface area contributed by atoms with Gasteiger partial charge in [0.25, 0.3) is 11.8 Å². The van der Waals surface area contributed by atoms with Crippen molar-refractivity contribution in [2.75, 3.05) is 18.5 Å². The van der Waals surface area contributed by atoms with Gasteiger partial charge in [0, 0.05) is 12.6 Å². The van der Waals surface area contributed by atoms with Crippen molar-refractivity contribution in [3.8, 4) is 11.5 Å². The second kappa shape index (κ2) is 7.47. The largest absolute Gasteiger partial charge is 0.491 e. The van der Waals surface area contributed by atoms with Crippen LogP contribution in [0.3, 0.4) is 0 Å². The first-order valence-electron chi connectivity index (χ1n) is 8.55. The lowest BCUT2D eigenvalue weighted by molar-refractivity contribution is -0.127. The summed E-state index contributed by atoms with van der Waals surface area (Å²) in [5.74, 6) is 0.770. The molecule has 1 aliphatic heterocycles. The number of hydrogen-bond acceptors (Lipinski definition) is 4. The quantitative estimate of drug-likeness (QED) is 0.916. The maximum absolute atomic E-state index is 13.1. The predicted molar refractivity (Wildman–Crippen MR) is 98.8 cm³/mol. The molecule has 0 bridgehead atoms. The lowest BCUT2D eigenvalue weighted by Gasteiger charge is -2.34. The summed E-state index contributed by atoms with van der Waals surface area (Å²) in [6, 6.07) is 14.2. The van der Waals surface area contributed by atoms with Crippen LogP contribution >= 0.6 is 0 Å². The Morgan fingerprint density at radius 1 is 1.15 bits per heavy atom. The van der Waals surface area contributed by atoms with Crippen molar-refractivity contribution in [2.45, 2.75) is 26.1 Å². The molecule has 0 aromatic heterocycles. The van der Waals surface area contributed by atoms with Crippen LogP contribution in [0.25, 0.3) is 0 Å². The van der Waals surface area contributed by atoms with E-state index in [0.717, 1.165) is 0 Å². The topological polar surface area (TPSA) is 67.9 Å². The molecule has 6 nitrogen and oxygen atoms in total. The van der Waals surface area contributed by atoms with Crippen LogP contribution in [0.1, 0.15) is 24.2 Å². The minimum Gasteiger partial charge on any atom is -0.491 e. The van der Waals surface area contributed by atoms with E-state index >= 15 is 0 Å². The molecular formula is C20H22N2O4. The highest BCUT2D eigenvalue weighted by molar-refractivity contribution is 6.08. The highest BCUT2D eigenvalue weighted by atomic mass is 16.5. The summed E-state index contributed by atoms with van der Waals surface area (Å²) in [5.41, 5.74) is 1.17. The second-order valence-electron chi connectivity index (χ2n) is 6.30. The minimum absolute atomic E-state index is 0.0657. The minimum atomic E-state index is -0.748. The Labute approximate surface area is 152 Å². The maximum Gasteiger partial charge on any atom is 0.262 e. The summed E-state index contributed by atoms with van der Waals surface area (Å²) in [7, 11) is 1.55. The molecule has 0 aliphatic carbocycles. The number of hydrogen-bond donors (Lipinski definition) is 1. The second-order valence-corrected chi connectivity index (χ2v) is 6.30. The summed E-state index contributed by atoms with van der Waals surface area (Å²) in [6.07, 6.45) is -0.682. The standard InChI is InChI=1S/C20H22N2O4/c1-13(2)25-15-10-8-14(9-11-15)20(24)22-12-18(19(23)21-3)26-17-7-5-4-6-16(17)22/h4-11,13,18H,12H2,1-3H3,(H,21,23). The summed E-state index contributed by atoms with van der Waals surface area (Å²) in [4.78, 5) is 26.7. The van der Waals surface area contributed by atoms with Gasteiger partial charge in [-0.15, -0.1) is 0 Å². The van der Waals surface area contributed by atoms with Crippen LogP contribution in [0.15, 0.2) is 48.5 Å². The van der Waals surface area contributed by atoms with Crippen LogP contribution in [-0.2, 0) is 4.79 Å². The lowest BCUT2D eigenvalue weighted by atomic mass is 10.1. The molecule has 0 fully saturated rings. The van der Waals surface area contributed by atoms with Crippen LogP contribution in [0.5, 0.6) is 11.5 Å². The zero-order valence-corrected chi connectivity index (χ0v) is 15.1. The van der Waals surface area contributed by atoms with Gasteiger partial charge in [0.05, 0.1) is 18.3 Å². The highest BCUT2D eigenvalue weighted by Crippen LogP contribution is 2.34. The zero-order chi connectivity index (χ0) is 18.7. The summed E-state index contributed by atoms with van der Waals surface area (Å²) in [6.45, 7) is 4.05. The maximum atomic E-state index is 13.1. The van der Waals surface area contributed by atoms with Crippen LogP contribution in [-0.4, -0.2) is 37.6 Å². The van der Waals surface area contributed by atoms with Gasteiger partial charge < -0.3 is 19.7 Å². The van der Waals surface area contributed by atoms with Crippen LogP contribution in [0, 0.1) is 0 Å². The Balaban J connectivity index is 1.88. The van der Waals surface area contributed by atoms with Gasteiger partial charge in [-0.1, -0.05) is 12.1 Å². The van der Waals surface area contributed by atoms with Crippen LogP contribution in [0.2, 0.25) is 0 Å². The van der Waals surface area contributed by atoms with Crippen molar-refractivity contribution in [1.29, 1.82) is 0 Å². The van der Waals surface area contributed by atoms with Gasteiger partial charge in [-0.05, 0) is 50.2 Å². The van der Waals surface area contributed by atoms with E-state index in [-0.39, 0.29) is 24.5 Å². The number of nitrogens with zero attached hydrogens (tertiary/aromatic N) is 1. The summed E-state index contributed by atoms with van der Waals surface area (Å²) in [5, 5.41) is 2.57. The third kappa shape index (κ3) is 3.64. The van der Waals surface area contributed by atoms with Crippen LogP contribution < -0.4 is 19.7 Å². The molecule has 26 heavy (non-hydrogen) atoms. The van der Waals surface area contributed by atoms with Gasteiger partial charge in [0.15, 0.2) is 6.10 Å². The molecule has 2 amide bonds. The van der Waals surface area contributed by atoms with E-state index in [1.165, 1.54) is 0 Å². The number of benzene rings is 2. The Morgan fingerprint density at radius 3 is 2.50 bits per heavy atom. The third-order valence-corrected chi connectivity index (χ3v) is 4.03. The number of ether oxygens (including phenoxy) is 2. The van der Waals surface area contributed by atoms with Gasteiger partial charge >= 0.3 is 0 Å². The van der Waals surface area contributed by atoms with Gasteiger partial charge in [0.2, 0.25) is 0 Å². The SMILES string of the molecule is CNC(=O)C1CN(C(=O)c2ccc(OC(C)C)cc2)c2ccccc2O1. The fourth-order valence-corrected chi connectivity index (χ4v) is 2.83. The Morgan fingerprint density at radius 2 is 1.85 bits per heavy atom. The van der Waals surface area contributed by atoms with Gasteiger partial charge in [-0.25, -0.2) is 0 Å². The van der Waals surface area contributed by atoms with E-state index < -0.39 is 6.10 Å². The molecule has 1 heterocycles. The Bertz CT molecular complexity index is 802. The van der Waals surface area contributed by atoms with Crippen molar-refractivity contribution in [1.82, 2.24) is 5.32 Å². The number of carbonyl (C=O) groups excluding carboxylic acids is 2. The van der Waals surface area contributed by atoms with Crippen molar-refractivity contribution in [2.24, 2.45) is 0 Å². The monoisotopic (exact) mass is 354 g/mol. The number of rotatable bonds is 4. The van der Waals surface area contributed by atoms with Crippen LogP contribution in [0.4, 0.5) is 5.69 Å². The van der Waals surface area contributed by atoms with Crippen molar-refractivity contribution in [3.05, 3.63) is 54.1 Å². The number of amides is 2. The molecule has 1 atom stereocenters. The first-order valence-corrected chi connectivity index (χ1v) is 8.55. The first-order chi connectivity index (χ1) is 12.5. The summed E-state index contributed by atoms with van der Waals surface area (Å²) >= 11 is 0. The smallest absolute Gasteiger partial charge is 0.262 e. The van der Waals surface area contributed by atoms with Gasteiger partial charge in [0.1, 0.15) is 11.5 Å². The first kappa shape index (κ1) is 17.8. The average molecular weight is 354 g/mol. The zero-order valence-electron chi connectivity index (χ0n) is 15.1. The fourth-order valence-electron chi connectivity index (χ4n) is 2.83. The predicted octanol–water partition coefficient (Wildman–Crippen LogP) is 2.63. The number of nitrogens with one attached hydrogen (secondary N) is 1. The molecule has 136 valence electrons. The van der Waals surface area contributed by atoms with E-state index in [4.69, 9.17) is 9.47 Å². The number of likely N-dealkylation sites (N-methyl/N-ethyl adjacent to an activating group) is 1. The van der Waals surface area contributed by atoms with Crippen molar-refractivity contribution >= 4 is 17.5 Å². The Hall–Kier alpha value is -3.02. The third-order valence-electron chi connectivity index (χ3n) is 4.03. The number of para-hydroxylation sites is 2. The van der Waals surface area contributed by atoms with Crippen molar-refractivity contribution < 1.29 is 19.1 Å². The molecule has 0 radical (unpaired) electrons. The average Bonchev–Trinajstić information content (AvgIpc) is 2.66. The molecule has 3 rings (SSSR count). The highest BCUT2D eigenvalue weighted by Gasteiger charge is 2.33. The fraction of sp³-hybridized carbons (Fsp3) is 0.300. The van der Waals surface area contributed by atoms with Crippen molar-refractivity contribution in [3.63, 3.8) is 0 Å². The number of carbonyl (C=O) groups is 2. The van der Waals surface area contributed by atoms with E-state index in [1.54, 1.807) is 42.3 Å². The summed E-state index contributed by atoms with van der Waals surface area (Å²) < 4.78 is 11.4. The van der Waals surface area contributed by atoms with E-state index in [2.05, 4.69) is 5.32 Å². The molecule has 1 unspecified atom stereocenters. The lowest BCUT2D eigenvalue weighted by Crippen LogP contribution is -2.50. The molecule has 0 spiro atoms. The number of fused-ring (bicyclic) bond motifs is 1. The number of anilines is 1. The van der Waals surface area contributed by atoms with E-state index in [1.807, 2.05) is 32.0 Å². The van der Waals surface area contributed by atoms with E-state index in [0.29, 0.717) is 22.7 Å². The molecule has 0 saturated heterocycles. The van der Waals surface area contributed by atoms with Gasteiger partial charge in [-0.2, -0.15) is 0 Å². The molecule has 1 N–H and O–H groups in total. The van der Waals surface area contributed by atoms with Gasteiger partial charge in [-0.3, -0.25) is 9.59 Å². The molecular weight excluding hydrogens is 332 g/mol. The molecule has 2 aromatic rings. The molecule has 6 heteroatoms. The Kier molecular flexibility index (Phi) is 5.11. The molecule has 2 aromatic carbocycles. The molecule has 0 saturated carbocycles. The normalized spacial score (nSPS) is 15.8. The van der Waals surface area contributed by atoms with E-state index in [9.17, 15) is 9.59 Å². The molecule has 1 aliphatic rings.